The van der Waals surface area contributed by atoms with Crippen LogP contribution < -0.4 is 0 Å². The first-order valence-corrected chi connectivity index (χ1v) is 8.41. The van der Waals surface area contributed by atoms with E-state index in [0.29, 0.717) is 18.4 Å². The standard InChI is InChI=1S/C14H13F3N2O4S.K.H/c1-7-11(13(21)19(2)18-7)12(20)9-5-4-8(14(15,16)17)6-10(9)24(3,22)23;;/h4-6,21H,1-3H3;;. The molecule has 0 fully saturated rings. The van der Waals surface area contributed by atoms with Crippen LogP contribution in [0.5, 0.6) is 5.88 Å². The molecule has 132 valence electrons. The van der Waals surface area contributed by atoms with E-state index in [9.17, 15) is 31.5 Å². The summed E-state index contributed by atoms with van der Waals surface area (Å²) in [5.74, 6) is -1.43. The number of rotatable bonds is 3. The monoisotopic (exact) mass is 402 g/mol. The first-order chi connectivity index (χ1) is 10.8. The molecule has 0 unspecified atom stereocenters. The van der Waals surface area contributed by atoms with Crippen LogP contribution in [0.4, 0.5) is 13.2 Å². The van der Waals surface area contributed by atoms with Crippen molar-refractivity contribution in [2.75, 3.05) is 6.26 Å². The Kier molecular flexibility index (Phi) is 6.68. The topological polar surface area (TPSA) is 89.3 Å². The third kappa shape index (κ3) is 4.52. The normalized spacial score (nSPS) is 11.9. The van der Waals surface area contributed by atoms with Crippen molar-refractivity contribution in [2.45, 2.75) is 18.0 Å². The van der Waals surface area contributed by atoms with Gasteiger partial charge in [0.2, 0.25) is 11.7 Å². The second kappa shape index (κ2) is 7.49. The van der Waals surface area contributed by atoms with Gasteiger partial charge in [-0.25, -0.2) is 13.1 Å². The van der Waals surface area contributed by atoms with Gasteiger partial charge in [0.1, 0.15) is 5.56 Å². The quantitative estimate of drug-likeness (QED) is 0.620. The molecule has 1 aromatic heterocycles. The molecule has 0 saturated carbocycles. The van der Waals surface area contributed by atoms with Gasteiger partial charge in [0.25, 0.3) is 0 Å². The number of carbonyl (C=O) groups excluding carboxylic acids is 1. The van der Waals surface area contributed by atoms with Crippen molar-refractivity contribution in [2.24, 2.45) is 7.05 Å². The van der Waals surface area contributed by atoms with Gasteiger partial charge < -0.3 is 5.11 Å². The number of halogens is 3. The van der Waals surface area contributed by atoms with Crippen LogP contribution in [0.1, 0.15) is 27.2 Å². The predicted octanol–water partition coefficient (Wildman–Crippen LogP) is 1.44. The maximum absolute atomic E-state index is 12.8. The molecule has 6 nitrogen and oxygen atoms in total. The number of sulfone groups is 1. The van der Waals surface area contributed by atoms with Gasteiger partial charge in [0.05, 0.1) is 16.2 Å². The number of nitrogens with zero attached hydrogens (tertiary/aromatic N) is 2. The second-order valence-corrected chi connectivity index (χ2v) is 7.20. The van der Waals surface area contributed by atoms with Gasteiger partial charge in [-0.2, -0.15) is 18.3 Å². The number of hydrogen-bond acceptors (Lipinski definition) is 5. The van der Waals surface area contributed by atoms with Crippen LogP contribution >= 0.6 is 0 Å². The molecule has 1 heterocycles. The van der Waals surface area contributed by atoms with Gasteiger partial charge in [-0.3, -0.25) is 4.79 Å². The zero-order valence-corrected chi connectivity index (χ0v) is 13.7. The van der Waals surface area contributed by atoms with E-state index in [2.05, 4.69) is 5.10 Å². The SMILES string of the molecule is Cc1nn(C)c(O)c1C(=O)c1ccc(C(F)(F)F)cc1S(C)(=O)=O.[KH]. The molecule has 0 saturated heterocycles. The molecule has 25 heavy (non-hydrogen) atoms. The summed E-state index contributed by atoms with van der Waals surface area (Å²) >= 11 is 0. The Balaban J connectivity index is 0.00000312. The first kappa shape index (κ1) is 22.3. The summed E-state index contributed by atoms with van der Waals surface area (Å²) in [5, 5.41) is 13.7. The molecule has 0 bridgehead atoms. The fraction of sp³-hybridized carbons (Fsp3) is 0.286. The minimum atomic E-state index is -4.76. The number of aryl methyl sites for hydroxylation is 2. The number of aromatic nitrogens is 2. The Hall–Kier alpha value is -0.724. The number of carbonyl (C=O) groups is 1. The van der Waals surface area contributed by atoms with E-state index in [1.165, 1.54) is 14.0 Å². The molecule has 11 heteroatoms. The first-order valence-electron chi connectivity index (χ1n) is 6.52. The van der Waals surface area contributed by atoms with Gasteiger partial charge in [-0.1, -0.05) is 0 Å². The van der Waals surface area contributed by atoms with Crippen LogP contribution in [0.3, 0.4) is 0 Å². The van der Waals surface area contributed by atoms with E-state index in [4.69, 9.17) is 0 Å². The molecule has 0 amide bonds. The summed E-state index contributed by atoms with van der Waals surface area (Å²) in [6.07, 6.45) is -4.05. The summed E-state index contributed by atoms with van der Waals surface area (Å²) in [6.45, 7) is 1.41. The Morgan fingerprint density at radius 3 is 2.24 bits per heavy atom. The predicted molar refractivity (Wildman–Crippen MR) is 84.7 cm³/mol. The molecule has 0 aliphatic heterocycles. The number of benzene rings is 1. The molecule has 0 radical (unpaired) electrons. The van der Waals surface area contributed by atoms with Crippen LogP contribution in [0.25, 0.3) is 0 Å². The zero-order valence-electron chi connectivity index (χ0n) is 12.8. The second-order valence-electron chi connectivity index (χ2n) is 5.22. The van der Waals surface area contributed by atoms with E-state index < -0.39 is 43.7 Å². The molecule has 2 aromatic rings. The van der Waals surface area contributed by atoms with Crippen LogP contribution in [0.15, 0.2) is 23.1 Å². The average molecular weight is 402 g/mol. The van der Waals surface area contributed by atoms with Crippen molar-refractivity contribution in [3.8, 4) is 5.88 Å². The maximum atomic E-state index is 12.8. The van der Waals surface area contributed by atoms with Gasteiger partial charge in [-0.15, -0.1) is 0 Å². The van der Waals surface area contributed by atoms with Crippen molar-refractivity contribution in [3.05, 3.63) is 40.6 Å². The Labute approximate surface area is 184 Å². The Morgan fingerprint density at radius 1 is 1.28 bits per heavy atom. The van der Waals surface area contributed by atoms with Crippen LogP contribution in [0, 0.1) is 6.92 Å². The number of ketones is 1. The molecule has 0 atom stereocenters. The molecule has 1 aromatic carbocycles. The van der Waals surface area contributed by atoms with Crippen molar-refractivity contribution in [1.29, 1.82) is 0 Å². The summed E-state index contributed by atoms with van der Waals surface area (Å²) in [7, 11) is -2.75. The molecular formula is C14H14F3KN2O4S. The number of alkyl halides is 3. The molecular weight excluding hydrogens is 388 g/mol. The molecule has 1 N–H and O–H groups in total. The van der Waals surface area contributed by atoms with E-state index >= 15 is 0 Å². The van der Waals surface area contributed by atoms with Gasteiger partial charge in [0, 0.05) is 18.9 Å². The van der Waals surface area contributed by atoms with Gasteiger partial charge in [0.15, 0.2) is 9.84 Å². The van der Waals surface area contributed by atoms with E-state index in [0.717, 1.165) is 10.7 Å². The molecule has 0 aliphatic carbocycles. The Bertz CT molecular complexity index is 936. The van der Waals surface area contributed by atoms with E-state index in [1.807, 2.05) is 0 Å². The van der Waals surface area contributed by atoms with Crippen LogP contribution in [0.2, 0.25) is 0 Å². The number of aromatic hydroxyl groups is 1. The molecule has 0 aliphatic rings. The van der Waals surface area contributed by atoms with E-state index in [-0.39, 0.29) is 62.6 Å². The van der Waals surface area contributed by atoms with E-state index in [1.54, 1.807) is 0 Å². The summed E-state index contributed by atoms with van der Waals surface area (Å²) in [4.78, 5) is 11.8. The van der Waals surface area contributed by atoms with Crippen molar-refractivity contribution in [1.82, 2.24) is 9.78 Å². The fourth-order valence-corrected chi connectivity index (χ4v) is 3.14. The van der Waals surface area contributed by atoms with Crippen molar-refractivity contribution < 1.29 is 31.5 Å². The number of hydrogen-bond donors (Lipinski definition) is 1. The summed E-state index contributed by atoms with van der Waals surface area (Å²) in [5.41, 5.74) is -1.79. The van der Waals surface area contributed by atoms with Crippen LogP contribution in [-0.2, 0) is 23.1 Å². The average Bonchev–Trinajstić information content (AvgIpc) is 2.69. The Morgan fingerprint density at radius 2 is 1.84 bits per heavy atom. The third-order valence-corrected chi connectivity index (χ3v) is 4.51. The minimum absolute atomic E-state index is 0. The van der Waals surface area contributed by atoms with Crippen molar-refractivity contribution in [3.63, 3.8) is 0 Å². The summed E-state index contributed by atoms with van der Waals surface area (Å²) in [6, 6.07) is 1.81. The molecule has 0 spiro atoms. The fourth-order valence-electron chi connectivity index (χ4n) is 2.24. The molecule has 2 rings (SSSR count). The zero-order chi connectivity index (χ0) is 18.4. The van der Waals surface area contributed by atoms with Crippen molar-refractivity contribution >= 4 is 67.0 Å². The van der Waals surface area contributed by atoms with Crippen LogP contribution in [-0.4, -0.2) is 86.7 Å². The van der Waals surface area contributed by atoms with Gasteiger partial charge >= 0.3 is 57.6 Å². The van der Waals surface area contributed by atoms with Gasteiger partial charge in [-0.05, 0) is 25.1 Å². The summed E-state index contributed by atoms with van der Waals surface area (Å²) < 4.78 is 63.1. The third-order valence-electron chi connectivity index (χ3n) is 3.37.